The summed E-state index contributed by atoms with van der Waals surface area (Å²) in [5.74, 6) is 1.05. The number of methoxy groups -OCH3 is 1. The maximum atomic E-state index is 10.6. The van der Waals surface area contributed by atoms with E-state index in [9.17, 15) is 10.2 Å². The van der Waals surface area contributed by atoms with Crippen LogP contribution in [0.5, 0.6) is 5.75 Å². The van der Waals surface area contributed by atoms with E-state index >= 15 is 0 Å². The van der Waals surface area contributed by atoms with Crippen LogP contribution >= 0.6 is 0 Å². The van der Waals surface area contributed by atoms with E-state index in [4.69, 9.17) is 4.74 Å². The van der Waals surface area contributed by atoms with Crippen molar-refractivity contribution in [1.82, 2.24) is 5.32 Å². The normalized spacial score (nSPS) is 24.3. The van der Waals surface area contributed by atoms with Crippen LogP contribution in [0.4, 0.5) is 0 Å². The number of aliphatic hydroxyl groups is 1. The highest BCUT2D eigenvalue weighted by molar-refractivity contribution is 5.27. The lowest BCUT2D eigenvalue weighted by Gasteiger charge is -2.30. The van der Waals surface area contributed by atoms with E-state index in [1.54, 1.807) is 31.4 Å². The molecule has 0 heterocycles. The van der Waals surface area contributed by atoms with Gasteiger partial charge >= 0.3 is 0 Å². The number of hydrogen-bond acceptors (Lipinski definition) is 4. The smallest absolute Gasteiger partial charge is 0.115 e. The lowest BCUT2D eigenvalue weighted by molar-refractivity contribution is 0.124. The molecule has 3 N–H and O–H groups in total. The van der Waals surface area contributed by atoms with Gasteiger partial charge < -0.3 is 20.3 Å². The molecule has 1 fully saturated rings. The molecule has 1 aliphatic rings. The van der Waals surface area contributed by atoms with Crippen LogP contribution in [0.25, 0.3) is 0 Å². The van der Waals surface area contributed by atoms with Crippen molar-refractivity contribution in [2.75, 3.05) is 13.7 Å². The Morgan fingerprint density at radius 1 is 1.12 bits per heavy atom. The van der Waals surface area contributed by atoms with E-state index in [2.05, 4.69) is 5.32 Å². The largest absolute Gasteiger partial charge is 0.508 e. The van der Waals surface area contributed by atoms with Gasteiger partial charge in [0, 0.05) is 25.8 Å². The summed E-state index contributed by atoms with van der Waals surface area (Å²) in [6, 6.07) is 7.33. The Bertz CT molecular complexity index is 477. The second kappa shape index (κ2) is 10.8. The maximum Gasteiger partial charge on any atom is 0.115 e. The van der Waals surface area contributed by atoms with Crippen molar-refractivity contribution in [2.45, 2.75) is 76.5 Å². The molecular weight excluding hydrogens is 314 g/mol. The van der Waals surface area contributed by atoms with Gasteiger partial charge in [-0.25, -0.2) is 0 Å². The van der Waals surface area contributed by atoms with E-state index in [-0.39, 0.29) is 11.8 Å². The first-order valence-corrected chi connectivity index (χ1v) is 9.82. The van der Waals surface area contributed by atoms with Crippen LogP contribution in [0.1, 0.15) is 70.0 Å². The van der Waals surface area contributed by atoms with Crippen molar-refractivity contribution in [3.8, 4) is 5.75 Å². The maximum absolute atomic E-state index is 10.6. The van der Waals surface area contributed by atoms with Crippen LogP contribution < -0.4 is 5.32 Å². The lowest BCUT2D eigenvalue weighted by atomic mass is 9.86. The van der Waals surface area contributed by atoms with Gasteiger partial charge in [0.25, 0.3) is 0 Å². The predicted octanol–water partition coefficient (Wildman–Crippen LogP) is 4.17. The average Bonchev–Trinajstić information content (AvgIpc) is 2.59. The lowest BCUT2D eigenvalue weighted by Crippen LogP contribution is -2.40. The number of nitrogens with one attached hydrogen (secondary N) is 1. The second-order valence-corrected chi connectivity index (χ2v) is 7.55. The number of ether oxygens (including phenoxy) is 1. The molecule has 4 heteroatoms. The summed E-state index contributed by atoms with van der Waals surface area (Å²) in [6.07, 6.45) is 9.45. The average molecular weight is 350 g/mol. The summed E-state index contributed by atoms with van der Waals surface area (Å²) in [5.41, 5.74) is 0.848. The number of benzene rings is 1. The van der Waals surface area contributed by atoms with E-state index in [1.807, 2.05) is 6.92 Å². The molecule has 142 valence electrons. The van der Waals surface area contributed by atoms with Crippen LogP contribution in [-0.2, 0) is 4.74 Å². The molecule has 0 spiro atoms. The monoisotopic (exact) mass is 349 g/mol. The fraction of sp³-hybridized carbons (Fsp3) is 0.714. The molecule has 1 aromatic carbocycles. The summed E-state index contributed by atoms with van der Waals surface area (Å²) in [5, 5.41) is 23.6. The first kappa shape index (κ1) is 20.2. The molecule has 4 nitrogen and oxygen atoms in total. The van der Waals surface area contributed by atoms with Crippen LogP contribution in [0.3, 0.4) is 0 Å². The second-order valence-electron chi connectivity index (χ2n) is 7.55. The van der Waals surface area contributed by atoms with Crippen molar-refractivity contribution in [1.29, 1.82) is 0 Å². The van der Waals surface area contributed by atoms with E-state index < -0.39 is 6.10 Å². The van der Waals surface area contributed by atoms with Crippen LogP contribution in [0.15, 0.2) is 24.3 Å². The summed E-state index contributed by atoms with van der Waals surface area (Å²) in [7, 11) is 1.78. The first-order chi connectivity index (χ1) is 12.1. The summed E-state index contributed by atoms with van der Waals surface area (Å²) < 4.78 is 5.18. The molecule has 0 amide bonds. The third-order valence-corrected chi connectivity index (χ3v) is 5.51. The fourth-order valence-corrected chi connectivity index (χ4v) is 3.94. The molecule has 4 atom stereocenters. The highest BCUT2D eigenvalue weighted by Crippen LogP contribution is 2.27. The number of aromatic hydroxyl groups is 1. The van der Waals surface area contributed by atoms with Crippen molar-refractivity contribution in [3.05, 3.63) is 29.8 Å². The zero-order valence-corrected chi connectivity index (χ0v) is 15.8. The molecule has 1 saturated carbocycles. The van der Waals surface area contributed by atoms with Gasteiger partial charge in [-0.15, -0.1) is 0 Å². The molecule has 0 saturated heterocycles. The van der Waals surface area contributed by atoms with Crippen molar-refractivity contribution >= 4 is 0 Å². The Morgan fingerprint density at radius 2 is 1.84 bits per heavy atom. The van der Waals surface area contributed by atoms with Crippen LogP contribution in [-0.4, -0.2) is 36.0 Å². The molecule has 25 heavy (non-hydrogen) atoms. The molecule has 2 rings (SSSR count). The van der Waals surface area contributed by atoms with Gasteiger partial charge in [0.05, 0.1) is 6.10 Å². The zero-order chi connectivity index (χ0) is 18.1. The highest BCUT2D eigenvalue weighted by Gasteiger charge is 2.22. The predicted molar refractivity (Wildman–Crippen MR) is 102 cm³/mol. The molecule has 0 radical (unpaired) electrons. The zero-order valence-electron chi connectivity index (χ0n) is 15.8. The molecule has 1 aromatic rings. The van der Waals surface area contributed by atoms with E-state index in [1.165, 1.54) is 44.9 Å². The van der Waals surface area contributed by atoms with Crippen molar-refractivity contribution < 1.29 is 14.9 Å². The summed E-state index contributed by atoms with van der Waals surface area (Å²) in [6.45, 7) is 2.92. The minimum atomic E-state index is -0.552. The van der Waals surface area contributed by atoms with Gasteiger partial charge in [-0.2, -0.15) is 0 Å². The number of aliphatic hydroxyl groups excluding tert-OH is 1. The molecule has 0 aromatic heterocycles. The number of phenolic OH excluding ortho intramolecular Hbond substituents is 1. The number of rotatable bonds is 8. The number of phenols is 1. The summed E-state index contributed by atoms with van der Waals surface area (Å²) in [4.78, 5) is 0. The Morgan fingerprint density at radius 3 is 2.56 bits per heavy atom. The fourth-order valence-electron chi connectivity index (χ4n) is 3.94. The van der Waals surface area contributed by atoms with E-state index in [0.29, 0.717) is 6.04 Å². The standard InChI is InChI=1S/C21H35NO3/c1-16(21(24)18-10-13-20(23)14-11-18)22-19-8-4-3-6-17(9-12-19)7-5-15-25-2/h10-11,13-14,16-17,19,21-24H,3-9,12,15H2,1-2H3. The number of hydrogen-bond donors (Lipinski definition) is 3. The Labute approximate surface area is 152 Å². The Hall–Kier alpha value is -1.10. The minimum absolute atomic E-state index is 0.000843. The van der Waals surface area contributed by atoms with Crippen LogP contribution in [0.2, 0.25) is 0 Å². The Balaban J connectivity index is 1.82. The minimum Gasteiger partial charge on any atom is -0.508 e. The quantitative estimate of drug-likeness (QED) is 0.617. The molecule has 0 aliphatic heterocycles. The van der Waals surface area contributed by atoms with Gasteiger partial charge in [-0.3, -0.25) is 0 Å². The summed E-state index contributed by atoms with van der Waals surface area (Å²) >= 11 is 0. The van der Waals surface area contributed by atoms with Crippen molar-refractivity contribution in [3.63, 3.8) is 0 Å². The van der Waals surface area contributed by atoms with Gasteiger partial charge in [0.15, 0.2) is 0 Å². The van der Waals surface area contributed by atoms with Gasteiger partial charge in [-0.1, -0.05) is 31.4 Å². The van der Waals surface area contributed by atoms with Gasteiger partial charge in [-0.05, 0) is 62.6 Å². The third kappa shape index (κ3) is 6.96. The van der Waals surface area contributed by atoms with Gasteiger partial charge in [0.1, 0.15) is 5.75 Å². The van der Waals surface area contributed by atoms with E-state index in [0.717, 1.165) is 24.5 Å². The van der Waals surface area contributed by atoms with Gasteiger partial charge in [0.2, 0.25) is 0 Å². The third-order valence-electron chi connectivity index (χ3n) is 5.51. The SMILES string of the molecule is COCCCC1CCCCC(NC(C)C(O)c2ccc(O)cc2)CC1. The first-order valence-electron chi connectivity index (χ1n) is 9.82. The Kier molecular flexibility index (Phi) is 8.73. The molecule has 1 aliphatic carbocycles. The molecule has 0 bridgehead atoms. The van der Waals surface area contributed by atoms with Crippen LogP contribution in [0, 0.1) is 5.92 Å². The topological polar surface area (TPSA) is 61.7 Å². The highest BCUT2D eigenvalue weighted by atomic mass is 16.5. The van der Waals surface area contributed by atoms with Crippen molar-refractivity contribution in [2.24, 2.45) is 5.92 Å². The molecule has 4 unspecified atom stereocenters. The molecular formula is C21H35NO3.